The molecule has 1 amide bonds. The largest absolute Gasteiger partial charge is 0.392 e. The van der Waals surface area contributed by atoms with Crippen LogP contribution >= 0.6 is 12.2 Å². The van der Waals surface area contributed by atoms with Crippen LogP contribution in [0.4, 0.5) is 0 Å². The van der Waals surface area contributed by atoms with Crippen LogP contribution in [0, 0.1) is 12.3 Å². The summed E-state index contributed by atoms with van der Waals surface area (Å²) in [5.41, 5.74) is 7.80. The van der Waals surface area contributed by atoms with E-state index in [1.54, 1.807) is 0 Å². The van der Waals surface area contributed by atoms with Crippen molar-refractivity contribution in [3.05, 3.63) is 35.4 Å². The zero-order valence-corrected chi connectivity index (χ0v) is 13.5. The topological polar surface area (TPSA) is 55.1 Å². The fraction of sp³-hybridized carbons (Fsp3) is 0.529. The molecular weight excluding hydrogens is 280 g/mol. The lowest BCUT2D eigenvalue weighted by Gasteiger charge is -2.34. The second-order valence-corrected chi connectivity index (χ2v) is 6.38. The van der Waals surface area contributed by atoms with Gasteiger partial charge in [0.2, 0.25) is 5.91 Å². The highest BCUT2D eigenvalue weighted by Crippen LogP contribution is 2.36. The Bertz CT molecular complexity index is 521. The van der Waals surface area contributed by atoms with Crippen LogP contribution in [0.15, 0.2) is 24.3 Å². The fourth-order valence-corrected chi connectivity index (χ4v) is 3.41. The van der Waals surface area contributed by atoms with Gasteiger partial charge >= 0.3 is 0 Å². The van der Waals surface area contributed by atoms with E-state index >= 15 is 0 Å². The van der Waals surface area contributed by atoms with Gasteiger partial charge in [0, 0.05) is 6.54 Å². The average molecular weight is 304 g/mol. The number of rotatable bonds is 5. The molecule has 2 rings (SSSR count). The summed E-state index contributed by atoms with van der Waals surface area (Å²) in [6.45, 7) is 2.73. The number of carbonyl (C=O) groups excluding carboxylic acids is 1. The highest BCUT2D eigenvalue weighted by molar-refractivity contribution is 7.80. The molecule has 0 atom stereocenters. The molecule has 0 spiro atoms. The monoisotopic (exact) mass is 304 g/mol. The highest BCUT2D eigenvalue weighted by Gasteiger charge is 2.42. The first kappa shape index (κ1) is 16.0. The number of hydrogen-bond donors (Lipinski definition) is 2. The van der Waals surface area contributed by atoms with E-state index < -0.39 is 5.41 Å². The van der Waals surface area contributed by atoms with Crippen LogP contribution in [0.1, 0.15) is 43.2 Å². The molecular formula is C17H24N2OS. The average Bonchev–Trinajstić information content (AvgIpc) is 2.49. The van der Waals surface area contributed by atoms with Crippen molar-refractivity contribution in [3.63, 3.8) is 0 Å². The van der Waals surface area contributed by atoms with Gasteiger partial charge in [0.1, 0.15) is 0 Å². The van der Waals surface area contributed by atoms with E-state index in [2.05, 4.69) is 24.4 Å². The summed E-state index contributed by atoms with van der Waals surface area (Å²) in [5, 5.41) is 3.04. The maximum absolute atomic E-state index is 12.6. The van der Waals surface area contributed by atoms with E-state index in [1.165, 1.54) is 17.5 Å². The van der Waals surface area contributed by atoms with Gasteiger partial charge in [0.25, 0.3) is 0 Å². The van der Waals surface area contributed by atoms with Crippen molar-refractivity contribution in [2.45, 2.75) is 45.4 Å². The molecule has 1 aliphatic rings. The molecule has 21 heavy (non-hydrogen) atoms. The molecule has 0 saturated heterocycles. The third-order valence-corrected chi connectivity index (χ3v) is 4.95. The predicted octanol–water partition coefficient (Wildman–Crippen LogP) is 2.89. The van der Waals surface area contributed by atoms with Crippen molar-refractivity contribution < 1.29 is 4.79 Å². The molecule has 1 aromatic carbocycles. The maximum atomic E-state index is 12.6. The second-order valence-electron chi connectivity index (χ2n) is 5.94. The SMILES string of the molecule is Cc1ccccc1CCNC(=O)C1(C(N)=S)CCCCC1. The van der Waals surface area contributed by atoms with Gasteiger partial charge in [0.15, 0.2) is 0 Å². The summed E-state index contributed by atoms with van der Waals surface area (Å²) in [5.74, 6) is 0.0169. The molecule has 0 unspecified atom stereocenters. The Morgan fingerprint density at radius 3 is 2.57 bits per heavy atom. The first-order valence-corrected chi connectivity index (χ1v) is 8.10. The van der Waals surface area contributed by atoms with Crippen molar-refractivity contribution in [2.75, 3.05) is 6.54 Å². The molecule has 1 aromatic rings. The summed E-state index contributed by atoms with van der Waals surface area (Å²) < 4.78 is 0. The second kappa shape index (κ2) is 7.03. The van der Waals surface area contributed by atoms with Gasteiger partial charge in [-0.2, -0.15) is 0 Å². The number of amides is 1. The van der Waals surface area contributed by atoms with Gasteiger partial charge in [0.05, 0.1) is 10.4 Å². The lowest BCUT2D eigenvalue weighted by atomic mass is 9.73. The highest BCUT2D eigenvalue weighted by atomic mass is 32.1. The number of aryl methyl sites for hydroxylation is 1. The van der Waals surface area contributed by atoms with Crippen LogP contribution in [0.25, 0.3) is 0 Å². The molecule has 0 bridgehead atoms. The summed E-state index contributed by atoms with van der Waals surface area (Å²) in [4.78, 5) is 12.9. The van der Waals surface area contributed by atoms with Crippen LogP contribution in [0.3, 0.4) is 0 Å². The van der Waals surface area contributed by atoms with Gasteiger partial charge < -0.3 is 11.1 Å². The number of carbonyl (C=O) groups is 1. The van der Waals surface area contributed by atoms with E-state index in [1.807, 2.05) is 12.1 Å². The molecule has 0 heterocycles. The molecule has 0 aliphatic heterocycles. The fourth-order valence-electron chi connectivity index (χ4n) is 3.11. The Morgan fingerprint density at radius 1 is 1.29 bits per heavy atom. The van der Waals surface area contributed by atoms with E-state index in [0.29, 0.717) is 11.5 Å². The number of thiocarbonyl (C=S) groups is 1. The van der Waals surface area contributed by atoms with Crippen LogP contribution in [0.2, 0.25) is 0 Å². The standard InChI is InChI=1S/C17H24N2OS/c1-13-7-3-4-8-14(13)9-12-19-16(20)17(15(18)21)10-5-2-6-11-17/h3-4,7-8H,2,5-6,9-12H2,1H3,(H2,18,21)(H,19,20). The van der Waals surface area contributed by atoms with Crippen molar-refractivity contribution >= 4 is 23.1 Å². The minimum atomic E-state index is -0.612. The van der Waals surface area contributed by atoms with E-state index in [0.717, 1.165) is 32.1 Å². The minimum Gasteiger partial charge on any atom is -0.392 e. The number of nitrogens with two attached hydrogens (primary N) is 1. The molecule has 3 N–H and O–H groups in total. The molecule has 0 radical (unpaired) electrons. The zero-order valence-electron chi connectivity index (χ0n) is 12.7. The van der Waals surface area contributed by atoms with Gasteiger partial charge in [-0.05, 0) is 37.3 Å². The molecule has 4 heteroatoms. The Labute approximate surface area is 132 Å². The Balaban J connectivity index is 1.94. The zero-order chi connectivity index (χ0) is 15.3. The summed E-state index contributed by atoms with van der Waals surface area (Å²) in [6, 6.07) is 8.25. The number of benzene rings is 1. The van der Waals surface area contributed by atoms with Crippen molar-refractivity contribution in [1.29, 1.82) is 0 Å². The quantitative estimate of drug-likeness (QED) is 0.822. The van der Waals surface area contributed by atoms with Crippen molar-refractivity contribution in [3.8, 4) is 0 Å². The molecule has 0 aromatic heterocycles. The Morgan fingerprint density at radius 2 is 1.95 bits per heavy atom. The minimum absolute atomic E-state index is 0.0169. The van der Waals surface area contributed by atoms with Crippen LogP contribution in [-0.4, -0.2) is 17.4 Å². The van der Waals surface area contributed by atoms with Gasteiger partial charge in [-0.15, -0.1) is 0 Å². The first-order chi connectivity index (χ1) is 10.1. The molecule has 1 aliphatic carbocycles. The van der Waals surface area contributed by atoms with Crippen molar-refractivity contribution in [1.82, 2.24) is 5.32 Å². The number of hydrogen-bond acceptors (Lipinski definition) is 2. The lowest BCUT2D eigenvalue weighted by Crippen LogP contribution is -2.50. The maximum Gasteiger partial charge on any atom is 0.233 e. The van der Waals surface area contributed by atoms with E-state index in [-0.39, 0.29) is 5.91 Å². The summed E-state index contributed by atoms with van der Waals surface area (Å²) in [7, 11) is 0. The Kier molecular flexibility index (Phi) is 5.34. The van der Waals surface area contributed by atoms with Crippen LogP contribution in [-0.2, 0) is 11.2 Å². The molecule has 1 saturated carbocycles. The van der Waals surface area contributed by atoms with E-state index in [9.17, 15) is 4.79 Å². The molecule has 3 nitrogen and oxygen atoms in total. The lowest BCUT2D eigenvalue weighted by molar-refractivity contribution is -0.128. The smallest absolute Gasteiger partial charge is 0.233 e. The summed E-state index contributed by atoms with van der Waals surface area (Å²) >= 11 is 5.19. The molecule has 114 valence electrons. The van der Waals surface area contributed by atoms with Crippen molar-refractivity contribution in [2.24, 2.45) is 11.1 Å². The first-order valence-electron chi connectivity index (χ1n) is 7.69. The van der Waals surface area contributed by atoms with Crippen LogP contribution in [0.5, 0.6) is 0 Å². The molecule has 1 fully saturated rings. The van der Waals surface area contributed by atoms with Gasteiger partial charge in [-0.1, -0.05) is 55.7 Å². The van der Waals surface area contributed by atoms with Crippen LogP contribution < -0.4 is 11.1 Å². The van der Waals surface area contributed by atoms with E-state index in [4.69, 9.17) is 18.0 Å². The van der Waals surface area contributed by atoms with Gasteiger partial charge in [-0.3, -0.25) is 4.79 Å². The number of nitrogens with one attached hydrogen (secondary N) is 1. The predicted molar refractivity (Wildman–Crippen MR) is 90.2 cm³/mol. The normalized spacial score (nSPS) is 17.2. The summed E-state index contributed by atoms with van der Waals surface area (Å²) in [6.07, 6.45) is 5.65. The third-order valence-electron chi connectivity index (χ3n) is 4.55. The van der Waals surface area contributed by atoms with Gasteiger partial charge in [-0.25, -0.2) is 0 Å². The Hall–Kier alpha value is -1.42. The third kappa shape index (κ3) is 3.62.